The summed E-state index contributed by atoms with van der Waals surface area (Å²) in [7, 11) is 0. The first-order chi connectivity index (χ1) is 11.0. The minimum Gasteiger partial charge on any atom is -0.341 e. The Kier molecular flexibility index (Phi) is 4.24. The molecule has 1 saturated heterocycles. The Hall–Kier alpha value is -2.11. The molecule has 2 heterocycles. The van der Waals surface area contributed by atoms with Gasteiger partial charge in [-0.15, -0.1) is 0 Å². The highest BCUT2D eigenvalue weighted by molar-refractivity contribution is 5.61. The lowest BCUT2D eigenvalue weighted by molar-refractivity contribution is -0.141. The van der Waals surface area contributed by atoms with E-state index in [0.717, 1.165) is 30.9 Å². The maximum absolute atomic E-state index is 13.2. The molecule has 23 heavy (non-hydrogen) atoms. The van der Waals surface area contributed by atoms with Gasteiger partial charge in [0.15, 0.2) is 5.69 Å². The van der Waals surface area contributed by atoms with Crippen LogP contribution in [0, 0.1) is 0 Å². The Balaban J connectivity index is 2.05. The van der Waals surface area contributed by atoms with Gasteiger partial charge in [-0.2, -0.15) is 13.2 Å². The van der Waals surface area contributed by atoms with Gasteiger partial charge in [-0.3, -0.25) is 0 Å². The van der Waals surface area contributed by atoms with Crippen molar-refractivity contribution in [2.75, 3.05) is 18.0 Å². The minimum absolute atomic E-state index is 0.173. The summed E-state index contributed by atoms with van der Waals surface area (Å²) in [6, 6.07) is 8.49. The fourth-order valence-electron chi connectivity index (χ4n) is 2.70. The van der Waals surface area contributed by atoms with E-state index in [1.54, 1.807) is 0 Å². The van der Waals surface area contributed by atoms with Crippen LogP contribution in [0.2, 0.25) is 0 Å². The Morgan fingerprint density at radius 2 is 1.70 bits per heavy atom. The van der Waals surface area contributed by atoms with Gasteiger partial charge in [0.25, 0.3) is 0 Å². The van der Waals surface area contributed by atoms with Crippen LogP contribution in [-0.2, 0) is 12.6 Å². The van der Waals surface area contributed by atoms with E-state index in [2.05, 4.69) is 9.97 Å². The first-order valence-electron chi connectivity index (χ1n) is 7.78. The number of rotatable bonds is 3. The number of alkyl halides is 3. The number of anilines is 1. The van der Waals surface area contributed by atoms with E-state index < -0.39 is 11.9 Å². The first kappa shape index (κ1) is 15.8. The highest BCUT2D eigenvalue weighted by atomic mass is 19.4. The lowest BCUT2D eigenvalue weighted by atomic mass is 10.1. The minimum atomic E-state index is -4.48. The zero-order chi connectivity index (χ0) is 16.4. The van der Waals surface area contributed by atoms with Gasteiger partial charge >= 0.3 is 6.18 Å². The van der Waals surface area contributed by atoms with Gasteiger partial charge in [0, 0.05) is 18.7 Å². The van der Waals surface area contributed by atoms with Gasteiger partial charge in [0.2, 0.25) is 5.95 Å². The standard InChI is InChI=1S/C17H18F3N3/c1-2-12-5-7-13(8-6-12)14-11-15(17(18,19)20)22-16(21-14)23-9-3-4-10-23/h5-8,11H,2-4,9-10H2,1H3. The quantitative estimate of drug-likeness (QED) is 0.843. The molecule has 0 N–H and O–H groups in total. The SMILES string of the molecule is CCc1ccc(-c2cc(C(F)(F)F)nc(N3CCCC3)n2)cc1. The average molecular weight is 321 g/mol. The number of aromatic nitrogens is 2. The van der Waals surface area contributed by atoms with Crippen molar-refractivity contribution in [1.29, 1.82) is 0 Å². The molecule has 6 heteroatoms. The molecule has 1 aromatic carbocycles. The molecule has 0 aliphatic carbocycles. The van der Waals surface area contributed by atoms with Crippen molar-refractivity contribution >= 4 is 5.95 Å². The van der Waals surface area contributed by atoms with Gasteiger partial charge < -0.3 is 4.90 Å². The molecule has 0 radical (unpaired) electrons. The largest absolute Gasteiger partial charge is 0.433 e. The normalized spacial score (nSPS) is 15.2. The molecule has 1 aliphatic rings. The lowest BCUT2D eigenvalue weighted by Gasteiger charge is -2.18. The molecular formula is C17H18F3N3. The summed E-state index contributed by atoms with van der Waals surface area (Å²) in [5, 5.41) is 0. The van der Waals surface area contributed by atoms with Crippen LogP contribution in [0.5, 0.6) is 0 Å². The summed E-state index contributed by atoms with van der Waals surface area (Å²) >= 11 is 0. The summed E-state index contributed by atoms with van der Waals surface area (Å²) in [5.41, 5.74) is 1.25. The van der Waals surface area contributed by atoms with Gasteiger partial charge in [0.05, 0.1) is 5.69 Å². The first-order valence-corrected chi connectivity index (χ1v) is 7.78. The third-order valence-electron chi connectivity index (χ3n) is 4.05. The predicted molar refractivity (Wildman–Crippen MR) is 83.3 cm³/mol. The Labute approximate surface area is 133 Å². The van der Waals surface area contributed by atoms with E-state index >= 15 is 0 Å². The Morgan fingerprint density at radius 1 is 1.04 bits per heavy atom. The highest BCUT2D eigenvalue weighted by Crippen LogP contribution is 2.32. The lowest BCUT2D eigenvalue weighted by Crippen LogP contribution is -2.22. The fraction of sp³-hybridized carbons (Fsp3) is 0.412. The number of halogens is 3. The van der Waals surface area contributed by atoms with Gasteiger partial charge in [-0.05, 0) is 30.9 Å². The van der Waals surface area contributed by atoms with Gasteiger partial charge in [-0.1, -0.05) is 31.2 Å². The highest BCUT2D eigenvalue weighted by Gasteiger charge is 2.34. The monoisotopic (exact) mass is 321 g/mol. The second-order valence-electron chi connectivity index (χ2n) is 5.68. The summed E-state index contributed by atoms with van der Waals surface area (Å²) in [5.74, 6) is 0.173. The molecule has 0 amide bonds. The second kappa shape index (κ2) is 6.18. The average Bonchev–Trinajstić information content (AvgIpc) is 3.08. The third-order valence-corrected chi connectivity index (χ3v) is 4.05. The van der Waals surface area contributed by atoms with Gasteiger partial charge in [0.1, 0.15) is 0 Å². The van der Waals surface area contributed by atoms with Crippen molar-refractivity contribution in [1.82, 2.24) is 9.97 Å². The summed E-state index contributed by atoms with van der Waals surface area (Å²) in [4.78, 5) is 9.92. The maximum atomic E-state index is 13.2. The molecule has 1 fully saturated rings. The maximum Gasteiger partial charge on any atom is 0.433 e. The van der Waals surface area contributed by atoms with Crippen molar-refractivity contribution in [2.24, 2.45) is 0 Å². The molecule has 1 aromatic heterocycles. The number of benzene rings is 1. The van der Waals surface area contributed by atoms with Crippen LogP contribution in [0.25, 0.3) is 11.3 Å². The zero-order valence-electron chi connectivity index (χ0n) is 12.9. The number of aryl methyl sites for hydroxylation is 1. The molecule has 0 unspecified atom stereocenters. The van der Waals surface area contributed by atoms with Crippen molar-refractivity contribution in [2.45, 2.75) is 32.4 Å². The van der Waals surface area contributed by atoms with Crippen LogP contribution in [0.3, 0.4) is 0 Å². The molecule has 2 aromatic rings. The van der Waals surface area contributed by atoms with Crippen LogP contribution in [0.4, 0.5) is 19.1 Å². The van der Waals surface area contributed by atoms with Crippen LogP contribution in [-0.4, -0.2) is 23.1 Å². The smallest absolute Gasteiger partial charge is 0.341 e. The van der Waals surface area contributed by atoms with Crippen molar-refractivity contribution in [3.63, 3.8) is 0 Å². The van der Waals surface area contributed by atoms with E-state index in [4.69, 9.17) is 0 Å². The summed E-state index contributed by atoms with van der Waals surface area (Å²) in [6.45, 7) is 3.44. The molecule has 0 spiro atoms. The summed E-state index contributed by atoms with van der Waals surface area (Å²) < 4.78 is 39.5. The second-order valence-corrected chi connectivity index (χ2v) is 5.68. The van der Waals surface area contributed by atoms with E-state index in [9.17, 15) is 13.2 Å². The zero-order valence-corrected chi connectivity index (χ0v) is 12.9. The Bertz CT molecular complexity index is 674. The number of hydrogen-bond acceptors (Lipinski definition) is 3. The van der Waals surface area contributed by atoms with Crippen molar-refractivity contribution in [3.05, 3.63) is 41.6 Å². The van der Waals surface area contributed by atoms with Gasteiger partial charge in [-0.25, -0.2) is 9.97 Å². The van der Waals surface area contributed by atoms with Crippen LogP contribution < -0.4 is 4.90 Å². The molecule has 3 nitrogen and oxygen atoms in total. The number of nitrogens with zero attached hydrogens (tertiary/aromatic N) is 3. The Morgan fingerprint density at radius 3 is 2.26 bits per heavy atom. The molecule has 0 atom stereocenters. The molecular weight excluding hydrogens is 303 g/mol. The van der Waals surface area contributed by atoms with Crippen molar-refractivity contribution < 1.29 is 13.2 Å². The van der Waals surface area contributed by atoms with Crippen LogP contribution >= 0.6 is 0 Å². The topological polar surface area (TPSA) is 29.0 Å². The molecule has 3 rings (SSSR count). The van der Waals surface area contributed by atoms with Crippen molar-refractivity contribution in [3.8, 4) is 11.3 Å². The fourth-order valence-corrected chi connectivity index (χ4v) is 2.70. The molecule has 0 saturated carbocycles. The third kappa shape index (κ3) is 3.46. The predicted octanol–water partition coefficient (Wildman–Crippen LogP) is 4.33. The summed E-state index contributed by atoms with van der Waals surface area (Å²) in [6.07, 6.45) is -1.67. The number of hydrogen-bond donors (Lipinski definition) is 0. The van der Waals surface area contributed by atoms with E-state index in [0.29, 0.717) is 24.3 Å². The molecule has 122 valence electrons. The molecule has 0 bridgehead atoms. The van der Waals surface area contributed by atoms with E-state index in [1.807, 2.05) is 36.1 Å². The molecule has 1 aliphatic heterocycles. The van der Waals surface area contributed by atoms with E-state index in [-0.39, 0.29) is 5.95 Å². The van der Waals surface area contributed by atoms with E-state index in [1.165, 1.54) is 0 Å². The van der Waals surface area contributed by atoms with Crippen LogP contribution in [0.15, 0.2) is 30.3 Å². The van der Waals surface area contributed by atoms with Crippen LogP contribution in [0.1, 0.15) is 31.0 Å².